The van der Waals surface area contributed by atoms with Crippen LogP contribution in [0, 0.1) is 5.92 Å². The zero-order valence-corrected chi connectivity index (χ0v) is 17.7. The number of hydrogen-bond donors (Lipinski definition) is 2. The maximum Gasteiger partial charge on any atom is 0.416 e. The van der Waals surface area contributed by atoms with Crippen LogP contribution in [-0.2, 0) is 15.8 Å². The average Bonchev–Trinajstić information content (AvgIpc) is 3.24. The monoisotopic (exact) mass is 456 g/mol. The number of aromatic amines is 1. The van der Waals surface area contributed by atoms with Crippen LogP contribution >= 0.6 is 0 Å². The third kappa shape index (κ3) is 4.44. The van der Waals surface area contributed by atoms with E-state index in [4.69, 9.17) is 0 Å². The second-order valence-electron chi connectivity index (χ2n) is 8.74. The molecule has 0 radical (unpaired) electrons. The van der Waals surface area contributed by atoms with Crippen molar-refractivity contribution < 1.29 is 22.8 Å². The standard InChI is InChI=1S/C24H23F3N4O2/c25-24(26,27)14-7-9-15(10-8-14)28-21(32)12-16-4-3-11-31(16)23(33)18-13-17(18)22-29-19-5-1-2-6-20(19)30-22/h1-2,5-10,16-18H,3-4,11-13H2,(H,28,32)(H,29,30)/t16-,17-,18-/m1/s1. The molecule has 2 fully saturated rings. The zero-order chi connectivity index (χ0) is 23.2. The second-order valence-corrected chi connectivity index (χ2v) is 8.74. The molecule has 2 N–H and O–H groups in total. The highest BCUT2D eigenvalue weighted by molar-refractivity contribution is 5.92. The summed E-state index contributed by atoms with van der Waals surface area (Å²) >= 11 is 0. The first-order chi connectivity index (χ1) is 15.8. The van der Waals surface area contributed by atoms with Crippen molar-refractivity contribution in [1.29, 1.82) is 0 Å². The van der Waals surface area contributed by atoms with Gasteiger partial charge in [0.25, 0.3) is 0 Å². The molecule has 1 saturated carbocycles. The van der Waals surface area contributed by atoms with E-state index in [0.29, 0.717) is 12.2 Å². The Balaban J connectivity index is 1.19. The Hall–Kier alpha value is -3.36. The molecule has 1 aliphatic heterocycles. The van der Waals surface area contributed by atoms with Gasteiger partial charge >= 0.3 is 6.18 Å². The SMILES string of the molecule is O=C(C[C@H]1CCCN1C(=O)[C@@H]1C[C@H]1c1nc2ccccc2[nH]1)Nc1ccc(C(F)(F)F)cc1. The fourth-order valence-electron chi connectivity index (χ4n) is 4.64. The Morgan fingerprint density at radius 1 is 1.12 bits per heavy atom. The summed E-state index contributed by atoms with van der Waals surface area (Å²) in [4.78, 5) is 35.3. The molecule has 2 aromatic carbocycles. The topological polar surface area (TPSA) is 78.1 Å². The van der Waals surface area contributed by atoms with Crippen molar-refractivity contribution in [3.05, 3.63) is 59.9 Å². The molecule has 9 heteroatoms. The van der Waals surface area contributed by atoms with Crippen LogP contribution < -0.4 is 5.32 Å². The summed E-state index contributed by atoms with van der Waals surface area (Å²) in [5, 5.41) is 2.64. The minimum absolute atomic E-state index is 0.0466. The van der Waals surface area contributed by atoms with E-state index in [-0.39, 0.29) is 36.1 Å². The van der Waals surface area contributed by atoms with Crippen LogP contribution in [0.1, 0.15) is 43.0 Å². The lowest BCUT2D eigenvalue weighted by Crippen LogP contribution is -2.39. The summed E-state index contributed by atoms with van der Waals surface area (Å²) < 4.78 is 38.1. The van der Waals surface area contributed by atoms with Crippen LogP contribution in [0.2, 0.25) is 0 Å². The number of imidazole rings is 1. The van der Waals surface area contributed by atoms with E-state index in [1.54, 1.807) is 4.90 Å². The molecule has 2 amide bonds. The van der Waals surface area contributed by atoms with Gasteiger partial charge in [0, 0.05) is 36.5 Å². The van der Waals surface area contributed by atoms with E-state index < -0.39 is 11.7 Å². The first-order valence-corrected chi connectivity index (χ1v) is 11.0. The quantitative estimate of drug-likeness (QED) is 0.584. The third-order valence-corrected chi connectivity index (χ3v) is 6.44. The van der Waals surface area contributed by atoms with Crippen molar-refractivity contribution in [1.82, 2.24) is 14.9 Å². The lowest BCUT2D eigenvalue weighted by atomic mass is 10.1. The zero-order valence-electron chi connectivity index (χ0n) is 17.7. The number of likely N-dealkylation sites (tertiary alicyclic amines) is 1. The molecule has 6 nitrogen and oxygen atoms in total. The molecule has 33 heavy (non-hydrogen) atoms. The number of aromatic nitrogens is 2. The first-order valence-electron chi connectivity index (χ1n) is 11.0. The van der Waals surface area contributed by atoms with Gasteiger partial charge < -0.3 is 15.2 Å². The summed E-state index contributed by atoms with van der Waals surface area (Å²) in [6, 6.07) is 11.9. The largest absolute Gasteiger partial charge is 0.416 e. The number of amides is 2. The van der Waals surface area contributed by atoms with Crippen molar-refractivity contribution in [2.24, 2.45) is 5.92 Å². The van der Waals surface area contributed by atoms with Crippen LogP contribution in [0.25, 0.3) is 11.0 Å². The molecule has 1 aromatic heterocycles. The van der Waals surface area contributed by atoms with Gasteiger partial charge in [-0.3, -0.25) is 9.59 Å². The number of nitrogens with zero attached hydrogens (tertiary/aromatic N) is 2. The Morgan fingerprint density at radius 3 is 2.61 bits per heavy atom. The van der Waals surface area contributed by atoms with E-state index in [2.05, 4.69) is 15.3 Å². The summed E-state index contributed by atoms with van der Waals surface area (Å²) in [6.45, 7) is 0.612. The number of benzene rings is 2. The van der Waals surface area contributed by atoms with E-state index >= 15 is 0 Å². The van der Waals surface area contributed by atoms with Crippen LogP contribution in [0.5, 0.6) is 0 Å². The predicted octanol–water partition coefficient (Wildman–Crippen LogP) is 4.71. The maximum atomic E-state index is 13.1. The molecule has 1 saturated heterocycles. The number of rotatable bonds is 5. The van der Waals surface area contributed by atoms with Crippen molar-refractivity contribution in [3.8, 4) is 0 Å². The molecular formula is C24H23F3N4O2. The minimum Gasteiger partial charge on any atom is -0.342 e. The Morgan fingerprint density at radius 2 is 1.88 bits per heavy atom. The van der Waals surface area contributed by atoms with Gasteiger partial charge in [0.1, 0.15) is 5.82 Å². The van der Waals surface area contributed by atoms with Gasteiger partial charge in [-0.15, -0.1) is 0 Å². The maximum absolute atomic E-state index is 13.1. The first kappa shape index (κ1) is 21.5. The minimum atomic E-state index is -4.42. The predicted molar refractivity (Wildman–Crippen MR) is 116 cm³/mol. The smallest absolute Gasteiger partial charge is 0.342 e. The molecule has 0 bridgehead atoms. The number of fused-ring (bicyclic) bond motifs is 1. The molecule has 2 aliphatic rings. The van der Waals surface area contributed by atoms with Crippen LogP contribution in [0.15, 0.2) is 48.5 Å². The van der Waals surface area contributed by atoms with Crippen LogP contribution in [0.3, 0.4) is 0 Å². The number of para-hydroxylation sites is 2. The van der Waals surface area contributed by atoms with Gasteiger partial charge in [-0.1, -0.05) is 12.1 Å². The summed E-state index contributed by atoms with van der Waals surface area (Å²) in [7, 11) is 0. The number of nitrogens with one attached hydrogen (secondary N) is 2. The third-order valence-electron chi connectivity index (χ3n) is 6.44. The lowest BCUT2D eigenvalue weighted by molar-refractivity contribution is -0.137. The van der Waals surface area contributed by atoms with E-state index in [1.165, 1.54) is 12.1 Å². The summed E-state index contributed by atoms with van der Waals surface area (Å²) in [5.41, 5.74) is 1.36. The summed E-state index contributed by atoms with van der Waals surface area (Å²) in [5.74, 6) is 0.482. The van der Waals surface area contributed by atoms with E-state index in [9.17, 15) is 22.8 Å². The molecular weight excluding hydrogens is 433 g/mol. The van der Waals surface area contributed by atoms with Gasteiger partial charge in [0.15, 0.2) is 0 Å². The second kappa shape index (κ2) is 8.20. The number of halogens is 3. The number of anilines is 1. The molecule has 0 spiro atoms. The highest BCUT2D eigenvalue weighted by atomic mass is 19.4. The van der Waals surface area contributed by atoms with Crippen molar-refractivity contribution in [3.63, 3.8) is 0 Å². The van der Waals surface area contributed by atoms with Crippen molar-refractivity contribution in [2.75, 3.05) is 11.9 Å². The number of carbonyl (C=O) groups excluding carboxylic acids is 2. The number of H-pyrrole nitrogens is 1. The van der Waals surface area contributed by atoms with Crippen molar-refractivity contribution in [2.45, 2.75) is 43.8 Å². The Bertz CT molecular complexity index is 1160. The number of alkyl halides is 3. The molecule has 3 aromatic rings. The van der Waals surface area contributed by atoms with Crippen molar-refractivity contribution >= 4 is 28.5 Å². The van der Waals surface area contributed by atoms with Crippen LogP contribution in [-0.4, -0.2) is 39.3 Å². The molecule has 3 atom stereocenters. The van der Waals surface area contributed by atoms with Gasteiger partial charge in [-0.2, -0.15) is 13.2 Å². The molecule has 1 aliphatic carbocycles. The average molecular weight is 456 g/mol. The number of carbonyl (C=O) groups is 2. The normalized spacial score (nSPS) is 22.5. The van der Waals surface area contributed by atoms with E-state index in [0.717, 1.165) is 48.3 Å². The lowest BCUT2D eigenvalue weighted by Gasteiger charge is -2.24. The fraction of sp³-hybridized carbons (Fsp3) is 0.375. The van der Waals surface area contributed by atoms with E-state index in [1.807, 2.05) is 24.3 Å². The summed E-state index contributed by atoms with van der Waals surface area (Å²) in [6.07, 6.45) is -2.01. The van der Waals surface area contributed by atoms with Gasteiger partial charge in [-0.05, 0) is 55.7 Å². The highest BCUT2D eigenvalue weighted by Gasteiger charge is 2.49. The van der Waals surface area contributed by atoms with Gasteiger partial charge in [0.05, 0.1) is 16.6 Å². The number of hydrogen-bond acceptors (Lipinski definition) is 3. The molecule has 172 valence electrons. The molecule has 2 heterocycles. The fourth-order valence-corrected chi connectivity index (χ4v) is 4.64. The highest BCUT2D eigenvalue weighted by Crippen LogP contribution is 2.48. The van der Waals surface area contributed by atoms with Gasteiger partial charge in [-0.25, -0.2) is 4.98 Å². The molecule has 5 rings (SSSR count). The van der Waals surface area contributed by atoms with Crippen LogP contribution in [0.4, 0.5) is 18.9 Å². The Labute approximate surface area is 188 Å². The van der Waals surface area contributed by atoms with Gasteiger partial charge in [0.2, 0.25) is 11.8 Å². The Kier molecular flexibility index (Phi) is 5.34. The molecule has 0 unspecified atom stereocenters.